The van der Waals surface area contributed by atoms with E-state index in [-0.39, 0.29) is 0 Å². The zero-order chi connectivity index (χ0) is 11.4. The third-order valence-electron chi connectivity index (χ3n) is 2.84. The Morgan fingerprint density at radius 3 is 3.06 bits per heavy atom. The fourth-order valence-corrected chi connectivity index (χ4v) is 2.55. The van der Waals surface area contributed by atoms with Gasteiger partial charge in [0.2, 0.25) is 0 Å². The number of nitrogens with one attached hydrogen (secondary N) is 1. The average Bonchev–Trinajstić information content (AvgIpc) is 2.69. The van der Waals surface area contributed by atoms with Gasteiger partial charge in [-0.05, 0) is 19.8 Å². The van der Waals surface area contributed by atoms with Gasteiger partial charge in [-0.25, -0.2) is 4.98 Å². The maximum Gasteiger partial charge on any atom is 0.106 e. The fourth-order valence-electron chi connectivity index (χ4n) is 1.88. The zero-order valence-corrected chi connectivity index (χ0v) is 10.4. The fraction of sp³-hybridized carbons (Fsp3) is 0.727. The SMILES string of the molecule is CCOC1CC(NCc2csc(CN)n2)C1. The van der Waals surface area contributed by atoms with Crippen LogP contribution in [0.2, 0.25) is 0 Å². The summed E-state index contributed by atoms with van der Waals surface area (Å²) >= 11 is 1.63. The van der Waals surface area contributed by atoms with E-state index in [1.807, 2.05) is 6.92 Å². The number of nitrogens with two attached hydrogens (primary N) is 1. The molecule has 1 fully saturated rings. The first-order valence-corrected chi connectivity index (χ1v) is 6.68. The van der Waals surface area contributed by atoms with Gasteiger partial charge in [0.05, 0.1) is 11.8 Å². The lowest BCUT2D eigenvalue weighted by atomic mass is 9.89. The molecule has 16 heavy (non-hydrogen) atoms. The molecule has 0 amide bonds. The highest BCUT2D eigenvalue weighted by Crippen LogP contribution is 2.23. The summed E-state index contributed by atoms with van der Waals surface area (Å²) in [6, 6.07) is 0.597. The number of aromatic nitrogens is 1. The van der Waals surface area contributed by atoms with Crippen molar-refractivity contribution in [2.45, 2.75) is 45.0 Å². The van der Waals surface area contributed by atoms with Gasteiger partial charge in [-0.2, -0.15) is 0 Å². The second-order valence-electron chi connectivity index (χ2n) is 4.06. The van der Waals surface area contributed by atoms with Crippen LogP contribution in [0.4, 0.5) is 0 Å². The van der Waals surface area contributed by atoms with Crippen molar-refractivity contribution in [2.24, 2.45) is 5.73 Å². The van der Waals surface area contributed by atoms with E-state index in [1.165, 1.54) is 0 Å². The summed E-state index contributed by atoms with van der Waals surface area (Å²) in [7, 11) is 0. The lowest BCUT2D eigenvalue weighted by Crippen LogP contribution is -2.45. The molecule has 1 aromatic rings. The summed E-state index contributed by atoms with van der Waals surface area (Å²) in [6.07, 6.45) is 2.72. The van der Waals surface area contributed by atoms with Gasteiger partial charge in [-0.15, -0.1) is 11.3 Å². The van der Waals surface area contributed by atoms with Crippen LogP contribution in [-0.2, 0) is 17.8 Å². The molecule has 0 spiro atoms. The highest BCUT2D eigenvalue weighted by molar-refractivity contribution is 7.09. The second-order valence-corrected chi connectivity index (χ2v) is 5.01. The molecule has 0 atom stereocenters. The van der Waals surface area contributed by atoms with E-state index >= 15 is 0 Å². The van der Waals surface area contributed by atoms with E-state index in [0.717, 1.165) is 36.7 Å². The van der Waals surface area contributed by atoms with E-state index in [0.29, 0.717) is 18.7 Å². The molecule has 0 aliphatic heterocycles. The standard InChI is InChI=1S/C11H19N3OS/c1-2-15-10-3-8(4-10)13-6-9-7-16-11(5-12)14-9/h7-8,10,13H,2-6,12H2,1H3. The van der Waals surface area contributed by atoms with Gasteiger partial charge >= 0.3 is 0 Å². The van der Waals surface area contributed by atoms with Crippen LogP contribution in [0.25, 0.3) is 0 Å². The van der Waals surface area contributed by atoms with E-state index in [4.69, 9.17) is 10.5 Å². The smallest absolute Gasteiger partial charge is 0.106 e. The lowest BCUT2D eigenvalue weighted by Gasteiger charge is -2.35. The van der Waals surface area contributed by atoms with Crippen molar-refractivity contribution >= 4 is 11.3 Å². The topological polar surface area (TPSA) is 60.2 Å². The number of thiazole rings is 1. The first-order valence-electron chi connectivity index (χ1n) is 5.80. The first kappa shape index (κ1) is 12.0. The van der Waals surface area contributed by atoms with E-state index in [9.17, 15) is 0 Å². The largest absolute Gasteiger partial charge is 0.378 e. The molecule has 0 saturated heterocycles. The molecule has 90 valence electrons. The molecule has 0 aromatic carbocycles. The Bertz CT molecular complexity index is 323. The Kier molecular flexibility index (Phi) is 4.29. The van der Waals surface area contributed by atoms with Crippen LogP contribution >= 0.6 is 11.3 Å². The number of hydrogen-bond acceptors (Lipinski definition) is 5. The predicted molar refractivity (Wildman–Crippen MR) is 65.3 cm³/mol. The summed E-state index contributed by atoms with van der Waals surface area (Å²) in [5.41, 5.74) is 6.62. The molecule has 5 heteroatoms. The molecule has 1 aliphatic carbocycles. The van der Waals surface area contributed by atoms with Gasteiger partial charge in [0, 0.05) is 31.1 Å². The number of ether oxygens (including phenoxy) is 1. The van der Waals surface area contributed by atoms with Crippen LogP contribution in [0.15, 0.2) is 5.38 Å². The Labute approximate surface area is 100 Å². The molecular formula is C11H19N3OS. The molecule has 1 saturated carbocycles. The molecular weight excluding hydrogens is 222 g/mol. The molecule has 0 bridgehead atoms. The molecule has 3 N–H and O–H groups in total. The van der Waals surface area contributed by atoms with Crippen molar-refractivity contribution in [2.75, 3.05) is 6.61 Å². The van der Waals surface area contributed by atoms with E-state index in [1.54, 1.807) is 11.3 Å². The molecule has 1 aromatic heterocycles. The first-order chi connectivity index (χ1) is 7.81. The van der Waals surface area contributed by atoms with Gasteiger partial charge in [-0.3, -0.25) is 0 Å². The number of nitrogens with zero attached hydrogens (tertiary/aromatic N) is 1. The molecule has 4 nitrogen and oxygen atoms in total. The third-order valence-corrected chi connectivity index (χ3v) is 3.76. The normalized spacial score (nSPS) is 24.4. The summed E-state index contributed by atoms with van der Waals surface area (Å²) in [5, 5.41) is 6.57. The average molecular weight is 241 g/mol. The lowest BCUT2D eigenvalue weighted by molar-refractivity contribution is -0.0103. The maximum atomic E-state index is 5.52. The van der Waals surface area contributed by atoms with E-state index < -0.39 is 0 Å². The molecule has 1 heterocycles. The molecule has 0 unspecified atom stereocenters. The third kappa shape index (κ3) is 3.01. The quantitative estimate of drug-likeness (QED) is 0.787. The van der Waals surface area contributed by atoms with E-state index in [2.05, 4.69) is 15.7 Å². The predicted octanol–water partition coefficient (Wildman–Crippen LogP) is 1.26. The summed E-state index contributed by atoms with van der Waals surface area (Å²) < 4.78 is 5.51. The second kappa shape index (κ2) is 5.72. The minimum absolute atomic E-state index is 0.470. The van der Waals surface area contributed by atoms with Crippen LogP contribution in [0, 0.1) is 0 Å². The summed E-state index contributed by atoms with van der Waals surface area (Å²) in [6.45, 7) is 4.26. The van der Waals surface area contributed by atoms with Crippen molar-refractivity contribution in [3.63, 3.8) is 0 Å². The highest BCUT2D eigenvalue weighted by Gasteiger charge is 2.28. The highest BCUT2D eigenvalue weighted by atomic mass is 32.1. The zero-order valence-electron chi connectivity index (χ0n) is 9.61. The van der Waals surface area contributed by atoms with Gasteiger partial charge in [-0.1, -0.05) is 0 Å². The van der Waals surface area contributed by atoms with Crippen molar-refractivity contribution in [1.82, 2.24) is 10.3 Å². The Balaban J connectivity index is 1.65. The van der Waals surface area contributed by atoms with Crippen molar-refractivity contribution in [3.05, 3.63) is 16.1 Å². The van der Waals surface area contributed by atoms with Crippen LogP contribution in [0.5, 0.6) is 0 Å². The van der Waals surface area contributed by atoms with Crippen molar-refractivity contribution in [1.29, 1.82) is 0 Å². The van der Waals surface area contributed by atoms with Crippen LogP contribution < -0.4 is 11.1 Å². The van der Waals surface area contributed by atoms with Gasteiger partial charge in [0.25, 0.3) is 0 Å². The van der Waals surface area contributed by atoms with Gasteiger partial charge in [0.15, 0.2) is 0 Å². The number of hydrogen-bond donors (Lipinski definition) is 2. The minimum Gasteiger partial charge on any atom is -0.378 e. The maximum absolute atomic E-state index is 5.52. The van der Waals surface area contributed by atoms with Crippen molar-refractivity contribution < 1.29 is 4.74 Å². The summed E-state index contributed by atoms with van der Waals surface area (Å²) in [5.74, 6) is 0. The summed E-state index contributed by atoms with van der Waals surface area (Å²) in [4.78, 5) is 4.41. The minimum atomic E-state index is 0.470. The molecule has 2 rings (SSSR count). The van der Waals surface area contributed by atoms with Crippen LogP contribution in [0.3, 0.4) is 0 Å². The van der Waals surface area contributed by atoms with Gasteiger partial charge < -0.3 is 15.8 Å². The molecule has 1 aliphatic rings. The van der Waals surface area contributed by atoms with Gasteiger partial charge in [0.1, 0.15) is 5.01 Å². The molecule has 0 radical (unpaired) electrons. The monoisotopic (exact) mass is 241 g/mol. The Morgan fingerprint density at radius 1 is 1.62 bits per heavy atom. The van der Waals surface area contributed by atoms with Crippen LogP contribution in [-0.4, -0.2) is 23.7 Å². The Hall–Kier alpha value is -0.490. The van der Waals surface area contributed by atoms with Crippen molar-refractivity contribution in [3.8, 4) is 0 Å². The Morgan fingerprint density at radius 2 is 2.44 bits per heavy atom. The van der Waals surface area contributed by atoms with Crippen LogP contribution in [0.1, 0.15) is 30.5 Å². The number of rotatable bonds is 6.